The van der Waals surface area contributed by atoms with E-state index >= 15 is 0 Å². The maximum absolute atomic E-state index is 13.9. The zero-order valence-electron chi connectivity index (χ0n) is 18.5. The SMILES string of the molecule is COCCN(CC1CCN(Cc2ccccc2F)CC1)C[C@@H]1CCOC(C)(C)C1. The van der Waals surface area contributed by atoms with Gasteiger partial charge >= 0.3 is 0 Å². The van der Waals surface area contributed by atoms with Crippen molar-refractivity contribution in [2.45, 2.75) is 51.7 Å². The van der Waals surface area contributed by atoms with Crippen LogP contribution in [0.2, 0.25) is 0 Å². The highest BCUT2D eigenvalue weighted by molar-refractivity contribution is 5.17. The Bertz CT molecular complexity index is 617. The zero-order chi connectivity index (χ0) is 20.7. The van der Waals surface area contributed by atoms with Crippen molar-refractivity contribution in [1.82, 2.24) is 9.80 Å². The molecule has 5 heteroatoms. The molecule has 0 amide bonds. The summed E-state index contributed by atoms with van der Waals surface area (Å²) in [6.45, 7) is 12.2. The highest BCUT2D eigenvalue weighted by Gasteiger charge is 2.30. The van der Waals surface area contributed by atoms with Crippen LogP contribution in [0.3, 0.4) is 0 Å². The maximum atomic E-state index is 13.9. The molecule has 2 fully saturated rings. The molecule has 1 atom stereocenters. The van der Waals surface area contributed by atoms with Gasteiger partial charge in [-0.3, -0.25) is 4.90 Å². The molecule has 0 saturated carbocycles. The van der Waals surface area contributed by atoms with Crippen molar-refractivity contribution in [2.75, 3.05) is 53.0 Å². The second kappa shape index (κ2) is 10.9. The van der Waals surface area contributed by atoms with E-state index in [9.17, 15) is 4.39 Å². The lowest BCUT2D eigenvalue weighted by Crippen LogP contribution is -2.43. The van der Waals surface area contributed by atoms with Gasteiger partial charge in [-0.2, -0.15) is 0 Å². The average Bonchev–Trinajstić information content (AvgIpc) is 2.68. The van der Waals surface area contributed by atoms with Crippen LogP contribution in [0.25, 0.3) is 0 Å². The molecule has 2 saturated heterocycles. The van der Waals surface area contributed by atoms with Crippen LogP contribution in [0, 0.1) is 17.7 Å². The second-order valence-corrected chi connectivity index (χ2v) is 9.53. The number of methoxy groups -OCH3 is 1. The van der Waals surface area contributed by atoms with Crippen molar-refractivity contribution in [3.63, 3.8) is 0 Å². The lowest BCUT2D eigenvalue weighted by Gasteiger charge is -2.39. The minimum Gasteiger partial charge on any atom is -0.383 e. The van der Waals surface area contributed by atoms with E-state index in [4.69, 9.17) is 9.47 Å². The molecular weight excluding hydrogens is 367 g/mol. The van der Waals surface area contributed by atoms with E-state index in [0.717, 1.165) is 76.8 Å². The minimum absolute atomic E-state index is 0.00783. The van der Waals surface area contributed by atoms with Crippen molar-refractivity contribution < 1.29 is 13.9 Å². The first-order chi connectivity index (χ1) is 13.9. The fourth-order valence-electron chi connectivity index (χ4n) is 4.92. The van der Waals surface area contributed by atoms with Gasteiger partial charge in [-0.1, -0.05) is 18.2 Å². The number of rotatable bonds is 9. The molecule has 4 nitrogen and oxygen atoms in total. The molecule has 164 valence electrons. The van der Waals surface area contributed by atoms with Crippen LogP contribution in [0.4, 0.5) is 4.39 Å². The molecule has 0 N–H and O–H groups in total. The lowest BCUT2D eigenvalue weighted by atomic mass is 9.87. The summed E-state index contributed by atoms with van der Waals surface area (Å²) in [5.74, 6) is 1.34. The smallest absolute Gasteiger partial charge is 0.127 e. The van der Waals surface area contributed by atoms with Gasteiger partial charge in [-0.25, -0.2) is 4.39 Å². The predicted octanol–water partition coefficient (Wildman–Crippen LogP) is 4.19. The maximum Gasteiger partial charge on any atom is 0.127 e. The van der Waals surface area contributed by atoms with E-state index < -0.39 is 0 Å². The topological polar surface area (TPSA) is 24.9 Å². The molecule has 1 aromatic rings. The summed E-state index contributed by atoms with van der Waals surface area (Å²) in [4.78, 5) is 5.02. The summed E-state index contributed by atoms with van der Waals surface area (Å²) < 4.78 is 25.2. The van der Waals surface area contributed by atoms with Gasteiger partial charge in [0.05, 0.1) is 12.2 Å². The first-order valence-electron chi connectivity index (χ1n) is 11.3. The van der Waals surface area contributed by atoms with Crippen molar-refractivity contribution >= 4 is 0 Å². The molecule has 3 rings (SSSR count). The first-order valence-corrected chi connectivity index (χ1v) is 11.3. The number of piperidine rings is 1. The number of hydrogen-bond donors (Lipinski definition) is 0. The molecule has 0 radical (unpaired) electrons. The van der Waals surface area contributed by atoms with Crippen molar-refractivity contribution in [3.8, 4) is 0 Å². The molecule has 0 unspecified atom stereocenters. The summed E-state index contributed by atoms with van der Waals surface area (Å²) in [6.07, 6.45) is 4.68. The number of likely N-dealkylation sites (tertiary alicyclic amines) is 1. The third kappa shape index (κ3) is 7.32. The molecule has 0 spiro atoms. The summed E-state index contributed by atoms with van der Waals surface area (Å²) >= 11 is 0. The van der Waals surface area contributed by atoms with Gasteiger partial charge in [0.25, 0.3) is 0 Å². The van der Waals surface area contributed by atoms with Gasteiger partial charge in [0.1, 0.15) is 5.82 Å². The largest absolute Gasteiger partial charge is 0.383 e. The van der Waals surface area contributed by atoms with Crippen molar-refractivity contribution in [1.29, 1.82) is 0 Å². The van der Waals surface area contributed by atoms with Gasteiger partial charge in [-0.05, 0) is 70.5 Å². The van der Waals surface area contributed by atoms with Crippen LogP contribution in [-0.2, 0) is 16.0 Å². The van der Waals surface area contributed by atoms with Gasteiger partial charge in [-0.15, -0.1) is 0 Å². The van der Waals surface area contributed by atoms with Crippen molar-refractivity contribution in [2.24, 2.45) is 11.8 Å². The molecule has 29 heavy (non-hydrogen) atoms. The Morgan fingerprint density at radius 1 is 1.14 bits per heavy atom. The number of benzene rings is 1. The average molecular weight is 407 g/mol. The number of nitrogens with zero attached hydrogens (tertiary/aromatic N) is 2. The number of halogens is 1. The molecule has 2 aliphatic rings. The molecule has 2 aliphatic heterocycles. The zero-order valence-corrected chi connectivity index (χ0v) is 18.5. The molecular formula is C24H39FN2O2. The molecule has 0 bridgehead atoms. The third-order valence-electron chi connectivity index (χ3n) is 6.50. The predicted molar refractivity (Wildman–Crippen MR) is 115 cm³/mol. The Morgan fingerprint density at radius 3 is 2.55 bits per heavy atom. The Hall–Kier alpha value is -1.01. The van der Waals surface area contributed by atoms with E-state index in [1.54, 1.807) is 19.2 Å². The van der Waals surface area contributed by atoms with E-state index in [1.165, 1.54) is 12.8 Å². The summed E-state index contributed by atoms with van der Waals surface area (Å²) in [5, 5.41) is 0. The molecule has 0 aromatic heterocycles. The van der Waals surface area contributed by atoms with Crippen molar-refractivity contribution in [3.05, 3.63) is 35.6 Å². The molecule has 0 aliphatic carbocycles. The lowest BCUT2D eigenvalue weighted by molar-refractivity contribution is -0.0779. The highest BCUT2D eigenvalue weighted by Crippen LogP contribution is 2.30. The van der Waals surface area contributed by atoms with Crippen LogP contribution in [0.5, 0.6) is 0 Å². The Kier molecular flexibility index (Phi) is 8.48. The summed E-state index contributed by atoms with van der Waals surface area (Å²) in [5.41, 5.74) is 0.822. The van der Waals surface area contributed by atoms with E-state index in [0.29, 0.717) is 5.92 Å². The standard InChI is InChI=1S/C24H39FN2O2/c1-24(2)16-21(10-14-29-24)18-27(13-15-28-3)17-20-8-11-26(12-9-20)19-22-6-4-5-7-23(22)25/h4-7,20-21H,8-19H2,1-3H3/t21-/m1/s1. The first kappa shape index (κ1) is 22.7. The van der Waals surface area contributed by atoms with E-state index in [2.05, 4.69) is 23.6 Å². The van der Waals surface area contributed by atoms with Crippen LogP contribution < -0.4 is 0 Å². The molecule has 1 aromatic carbocycles. The van der Waals surface area contributed by atoms with Gasteiger partial charge in [0.15, 0.2) is 0 Å². The molecule has 2 heterocycles. The third-order valence-corrected chi connectivity index (χ3v) is 6.50. The summed E-state index contributed by atoms with van der Waals surface area (Å²) in [6, 6.07) is 7.16. The van der Waals surface area contributed by atoms with Crippen LogP contribution >= 0.6 is 0 Å². The fourth-order valence-corrected chi connectivity index (χ4v) is 4.92. The van der Waals surface area contributed by atoms with Gasteiger partial charge in [0.2, 0.25) is 0 Å². The fraction of sp³-hybridized carbons (Fsp3) is 0.750. The minimum atomic E-state index is -0.0836. The second-order valence-electron chi connectivity index (χ2n) is 9.53. The number of ether oxygens (including phenoxy) is 2. The van der Waals surface area contributed by atoms with Gasteiger partial charge < -0.3 is 14.4 Å². The summed E-state index contributed by atoms with van der Waals surface area (Å²) in [7, 11) is 1.79. The van der Waals surface area contributed by atoms with E-state index in [1.807, 2.05) is 12.1 Å². The number of hydrogen-bond acceptors (Lipinski definition) is 4. The van der Waals surface area contributed by atoms with Gasteiger partial charge in [0, 0.05) is 45.5 Å². The Morgan fingerprint density at radius 2 is 1.86 bits per heavy atom. The van der Waals surface area contributed by atoms with E-state index in [-0.39, 0.29) is 11.4 Å². The van der Waals surface area contributed by atoms with Crippen LogP contribution in [0.1, 0.15) is 45.1 Å². The van der Waals surface area contributed by atoms with Crippen LogP contribution in [-0.4, -0.2) is 68.4 Å². The highest BCUT2D eigenvalue weighted by atomic mass is 19.1. The monoisotopic (exact) mass is 406 g/mol. The normalized spacial score (nSPS) is 23.6. The Balaban J connectivity index is 1.47. The van der Waals surface area contributed by atoms with Crippen LogP contribution in [0.15, 0.2) is 24.3 Å². The Labute approximate surface area is 176 Å². The quantitative estimate of drug-likeness (QED) is 0.614.